The van der Waals surface area contributed by atoms with Crippen LogP contribution in [0.15, 0.2) is 36.7 Å². The Kier molecular flexibility index (Phi) is 3.63. The van der Waals surface area contributed by atoms with Crippen LogP contribution in [0.5, 0.6) is 5.75 Å². The Morgan fingerprint density at radius 1 is 1.11 bits per heavy atom. The Hall–Kier alpha value is -1.87. The van der Waals surface area contributed by atoms with E-state index in [-0.39, 0.29) is 6.04 Å². The summed E-state index contributed by atoms with van der Waals surface area (Å²) in [5.41, 5.74) is 10.6. The minimum absolute atomic E-state index is 0.216. The van der Waals surface area contributed by atoms with Gasteiger partial charge in [-0.05, 0) is 31.0 Å². The van der Waals surface area contributed by atoms with Crippen molar-refractivity contribution in [2.45, 2.75) is 19.9 Å². The number of hydrogen-bond acceptors (Lipinski definition) is 3. The van der Waals surface area contributed by atoms with E-state index in [0.717, 1.165) is 22.4 Å². The van der Waals surface area contributed by atoms with Crippen LogP contribution in [0.3, 0.4) is 0 Å². The first-order chi connectivity index (χ1) is 8.61. The van der Waals surface area contributed by atoms with Crippen molar-refractivity contribution in [2.24, 2.45) is 5.73 Å². The van der Waals surface area contributed by atoms with Gasteiger partial charge in [-0.25, -0.2) is 0 Å². The summed E-state index contributed by atoms with van der Waals surface area (Å²) in [7, 11) is 1.66. The van der Waals surface area contributed by atoms with E-state index in [1.165, 1.54) is 5.56 Å². The van der Waals surface area contributed by atoms with Crippen molar-refractivity contribution in [3.8, 4) is 5.75 Å². The topological polar surface area (TPSA) is 48.1 Å². The molecule has 94 valence electrons. The van der Waals surface area contributed by atoms with Gasteiger partial charge in [0.1, 0.15) is 5.75 Å². The fourth-order valence-corrected chi connectivity index (χ4v) is 2.02. The zero-order valence-electron chi connectivity index (χ0n) is 11.0. The number of pyridine rings is 1. The van der Waals surface area contributed by atoms with Gasteiger partial charge in [0.2, 0.25) is 0 Å². The number of aromatic nitrogens is 1. The van der Waals surface area contributed by atoms with Gasteiger partial charge in [0.05, 0.1) is 13.2 Å². The Morgan fingerprint density at radius 3 is 2.56 bits per heavy atom. The molecule has 1 atom stereocenters. The maximum atomic E-state index is 6.31. The molecule has 0 aliphatic heterocycles. The highest BCUT2D eigenvalue weighted by Crippen LogP contribution is 2.29. The molecular weight excluding hydrogens is 224 g/mol. The third-order valence-electron chi connectivity index (χ3n) is 2.98. The van der Waals surface area contributed by atoms with Crippen molar-refractivity contribution in [1.82, 2.24) is 4.98 Å². The molecule has 1 aromatic heterocycles. The molecule has 1 aromatic carbocycles. The number of methoxy groups -OCH3 is 1. The summed E-state index contributed by atoms with van der Waals surface area (Å²) < 4.78 is 5.37. The number of ether oxygens (including phenoxy) is 1. The van der Waals surface area contributed by atoms with Crippen LogP contribution < -0.4 is 10.5 Å². The van der Waals surface area contributed by atoms with Gasteiger partial charge < -0.3 is 10.5 Å². The van der Waals surface area contributed by atoms with Crippen LogP contribution >= 0.6 is 0 Å². The molecule has 2 rings (SSSR count). The first kappa shape index (κ1) is 12.6. The molecule has 1 unspecified atom stereocenters. The van der Waals surface area contributed by atoms with Gasteiger partial charge in [0.15, 0.2) is 0 Å². The normalized spacial score (nSPS) is 12.2. The molecular formula is C15H18N2O. The largest absolute Gasteiger partial charge is 0.496 e. The minimum Gasteiger partial charge on any atom is -0.496 e. The average molecular weight is 242 g/mol. The summed E-state index contributed by atoms with van der Waals surface area (Å²) in [6.45, 7) is 4.06. The maximum Gasteiger partial charge on any atom is 0.123 e. The van der Waals surface area contributed by atoms with E-state index in [4.69, 9.17) is 10.5 Å². The molecule has 0 saturated heterocycles. The minimum atomic E-state index is -0.216. The molecule has 3 nitrogen and oxygen atoms in total. The smallest absolute Gasteiger partial charge is 0.123 e. The molecule has 0 aliphatic rings. The summed E-state index contributed by atoms with van der Waals surface area (Å²) in [4.78, 5) is 4.19. The van der Waals surface area contributed by atoms with Crippen molar-refractivity contribution < 1.29 is 4.74 Å². The molecule has 0 fully saturated rings. The second kappa shape index (κ2) is 5.19. The van der Waals surface area contributed by atoms with Crippen LogP contribution in [0, 0.1) is 13.8 Å². The van der Waals surface area contributed by atoms with Gasteiger partial charge in [-0.15, -0.1) is 0 Å². The van der Waals surface area contributed by atoms with E-state index in [9.17, 15) is 0 Å². The first-order valence-electron chi connectivity index (χ1n) is 5.93. The third kappa shape index (κ3) is 2.51. The lowest BCUT2D eigenvalue weighted by Gasteiger charge is -2.17. The lowest BCUT2D eigenvalue weighted by Crippen LogP contribution is -2.13. The second-order valence-electron chi connectivity index (χ2n) is 4.52. The van der Waals surface area contributed by atoms with Gasteiger partial charge in [-0.3, -0.25) is 4.98 Å². The maximum absolute atomic E-state index is 6.31. The van der Waals surface area contributed by atoms with Crippen LogP contribution in [0.25, 0.3) is 0 Å². The zero-order chi connectivity index (χ0) is 13.1. The quantitative estimate of drug-likeness (QED) is 0.900. The molecule has 18 heavy (non-hydrogen) atoms. The monoisotopic (exact) mass is 242 g/mol. The summed E-state index contributed by atoms with van der Waals surface area (Å²) in [5, 5.41) is 0. The highest BCUT2D eigenvalue weighted by Gasteiger charge is 2.14. The van der Waals surface area contributed by atoms with E-state index in [1.807, 2.05) is 32.2 Å². The third-order valence-corrected chi connectivity index (χ3v) is 2.98. The van der Waals surface area contributed by atoms with E-state index in [1.54, 1.807) is 13.3 Å². The number of nitrogens with two attached hydrogens (primary N) is 1. The number of rotatable bonds is 3. The van der Waals surface area contributed by atoms with Crippen molar-refractivity contribution >= 4 is 0 Å². The predicted molar refractivity (Wildman–Crippen MR) is 72.7 cm³/mol. The highest BCUT2D eigenvalue weighted by molar-refractivity contribution is 5.43. The van der Waals surface area contributed by atoms with E-state index in [2.05, 4.69) is 17.1 Å². The summed E-state index contributed by atoms with van der Waals surface area (Å²) in [6.07, 6.45) is 3.63. The summed E-state index contributed by atoms with van der Waals surface area (Å²) >= 11 is 0. The van der Waals surface area contributed by atoms with Gasteiger partial charge in [0.25, 0.3) is 0 Å². The van der Waals surface area contributed by atoms with Gasteiger partial charge >= 0.3 is 0 Å². The van der Waals surface area contributed by atoms with Crippen LogP contribution in [0.2, 0.25) is 0 Å². The molecule has 0 amide bonds. The second-order valence-corrected chi connectivity index (χ2v) is 4.52. The molecule has 0 bridgehead atoms. The summed E-state index contributed by atoms with van der Waals surface area (Å²) in [6, 6.07) is 7.87. The Bertz CT molecular complexity index is 552. The predicted octanol–water partition coefficient (Wildman–Crippen LogP) is 2.76. The van der Waals surface area contributed by atoms with Crippen LogP contribution in [-0.2, 0) is 0 Å². The van der Waals surface area contributed by atoms with Crippen molar-refractivity contribution in [3.63, 3.8) is 0 Å². The lowest BCUT2D eigenvalue weighted by molar-refractivity contribution is 0.407. The Balaban J connectivity index is 2.44. The zero-order valence-corrected chi connectivity index (χ0v) is 11.0. The number of aryl methyl sites for hydroxylation is 2. The van der Waals surface area contributed by atoms with Crippen molar-refractivity contribution in [2.75, 3.05) is 7.11 Å². The molecule has 0 radical (unpaired) electrons. The molecule has 0 aliphatic carbocycles. The molecule has 0 saturated carbocycles. The molecule has 2 aromatic rings. The van der Waals surface area contributed by atoms with Gasteiger partial charge in [-0.1, -0.05) is 23.8 Å². The van der Waals surface area contributed by atoms with Gasteiger partial charge in [-0.2, -0.15) is 0 Å². The van der Waals surface area contributed by atoms with Crippen molar-refractivity contribution in [1.29, 1.82) is 0 Å². The Morgan fingerprint density at radius 2 is 1.89 bits per heavy atom. The Labute approximate surface area is 108 Å². The highest BCUT2D eigenvalue weighted by atomic mass is 16.5. The number of benzene rings is 1. The lowest BCUT2D eigenvalue weighted by atomic mass is 9.97. The van der Waals surface area contributed by atoms with Crippen LogP contribution in [0.1, 0.15) is 28.3 Å². The molecule has 1 heterocycles. The van der Waals surface area contributed by atoms with Crippen LogP contribution in [-0.4, -0.2) is 12.1 Å². The van der Waals surface area contributed by atoms with Crippen molar-refractivity contribution in [3.05, 3.63) is 58.9 Å². The molecule has 0 spiro atoms. The fourth-order valence-electron chi connectivity index (χ4n) is 2.02. The fraction of sp³-hybridized carbons (Fsp3) is 0.267. The SMILES string of the molecule is COc1ccc(C)cc1C(N)c1cncc(C)c1. The molecule has 3 heteroatoms. The number of nitrogens with zero attached hydrogens (tertiary/aromatic N) is 1. The van der Waals surface area contributed by atoms with E-state index in [0.29, 0.717) is 0 Å². The number of hydrogen-bond donors (Lipinski definition) is 1. The molecule has 2 N–H and O–H groups in total. The standard InChI is InChI=1S/C15H18N2O/c1-10-4-5-14(18-3)13(7-10)15(16)12-6-11(2)8-17-9-12/h4-9,15H,16H2,1-3H3. The first-order valence-corrected chi connectivity index (χ1v) is 5.93. The van der Waals surface area contributed by atoms with Crippen LogP contribution in [0.4, 0.5) is 0 Å². The average Bonchev–Trinajstić information content (AvgIpc) is 2.38. The van der Waals surface area contributed by atoms with E-state index < -0.39 is 0 Å². The summed E-state index contributed by atoms with van der Waals surface area (Å²) in [5.74, 6) is 0.814. The van der Waals surface area contributed by atoms with Gasteiger partial charge in [0, 0.05) is 18.0 Å². The van der Waals surface area contributed by atoms with E-state index >= 15 is 0 Å².